The molecule has 0 bridgehead atoms. The van der Waals surface area contributed by atoms with Gasteiger partial charge in [0.1, 0.15) is 17.0 Å². The zero-order valence-corrected chi connectivity index (χ0v) is 16.8. The highest BCUT2D eigenvalue weighted by Gasteiger charge is 2.31. The van der Waals surface area contributed by atoms with Crippen LogP contribution in [0.3, 0.4) is 0 Å². The Morgan fingerprint density at radius 3 is 2.43 bits per heavy atom. The van der Waals surface area contributed by atoms with Crippen molar-refractivity contribution in [2.75, 3.05) is 38.8 Å². The van der Waals surface area contributed by atoms with Crippen LogP contribution in [0.15, 0.2) is 48.5 Å². The third-order valence-electron chi connectivity index (χ3n) is 5.38. The molecule has 1 saturated heterocycles. The first-order valence-corrected chi connectivity index (χ1v) is 9.54. The number of hydrogen-bond donors (Lipinski definition) is 2. The highest BCUT2D eigenvalue weighted by Crippen LogP contribution is 2.31. The molecule has 1 fully saturated rings. The fourth-order valence-electron chi connectivity index (χ4n) is 3.54. The quantitative estimate of drug-likeness (QED) is 0.768. The van der Waals surface area contributed by atoms with E-state index in [0.29, 0.717) is 12.5 Å². The normalized spacial score (nSPS) is 18.4. The van der Waals surface area contributed by atoms with Crippen LogP contribution in [-0.2, 0) is 10.3 Å². The van der Waals surface area contributed by atoms with Gasteiger partial charge in [0.2, 0.25) is 5.91 Å². The van der Waals surface area contributed by atoms with Crippen molar-refractivity contribution in [1.82, 2.24) is 5.32 Å². The Labute approximate surface area is 166 Å². The third-order valence-corrected chi connectivity index (χ3v) is 5.38. The monoisotopic (exact) mass is 383 g/mol. The molecule has 1 aliphatic rings. The Kier molecular flexibility index (Phi) is 6.09. The van der Waals surface area contributed by atoms with E-state index in [-0.39, 0.29) is 5.91 Å². The van der Waals surface area contributed by atoms with Crippen LogP contribution in [0, 0.1) is 5.92 Å². The summed E-state index contributed by atoms with van der Waals surface area (Å²) in [6.07, 6.45) is 1.01. The Morgan fingerprint density at radius 2 is 1.82 bits per heavy atom. The standard InChI is InChI=1S/C22H29N3O3/c1-22(23,17-7-5-4-6-8-17)21(26)24-14-16-9-10-25(15-16)18-11-19(27-2)13-20(12-18)28-3/h4-8,11-13,16H,9-10,14-15,23H2,1-3H3,(H,24,26). The largest absolute Gasteiger partial charge is 0.497 e. The number of rotatable bonds is 7. The van der Waals surface area contributed by atoms with E-state index in [1.54, 1.807) is 21.1 Å². The lowest BCUT2D eigenvalue weighted by Gasteiger charge is -2.25. The average molecular weight is 383 g/mol. The van der Waals surface area contributed by atoms with Crippen LogP contribution in [0.25, 0.3) is 0 Å². The molecule has 0 spiro atoms. The molecule has 6 nitrogen and oxygen atoms in total. The van der Waals surface area contributed by atoms with Crippen LogP contribution in [0.2, 0.25) is 0 Å². The van der Waals surface area contributed by atoms with E-state index in [4.69, 9.17) is 15.2 Å². The molecular weight excluding hydrogens is 354 g/mol. The first-order chi connectivity index (χ1) is 13.4. The topological polar surface area (TPSA) is 76.8 Å². The van der Waals surface area contributed by atoms with Crippen molar-refractivity contribution in [2.45, 2.75) is 18.9 Å². The number of amides is 1. The van der Waals surface area contributed by atoms with Gasteiger partial charge in [-0.1, -0.05) is 30.3 Å². The molecule has 2 unspecified atom stereocenters. The number of nitrogens with zero attached hydrogens (tertiary/aromatic N) is 1. The van der Waals surface area contributed by atoms with E-state index in [2.05, 4.69) is 10.2 Å². The third kappa shape index (κ3) is 4.39. The van der Waals surface area contributed by atoms with Gasteiger partial charge < -0.3 is 25.4 Å². The molecule has 0 aliphatic carbocycles. The van der Waals surface area contributed by atoms with Crippen molar-refractivity contribution in [2.24, 2.45) is 11.7 Å². The predicted molar refractivity (Wildman–Crippen MR) is 111 cm³/mol. The zero-order valence-electron chi connectivity index (χ0n) is 16.8. The summed E-state index contributed by atoms with van der Waals surface area (Å²) in [5, 5.41) is 3.04. The van der Waals surface area contributed by atoms with Gasteiger partial charge in [0.15, 0.2) is 0 Å². The van der Waals surface area contributed by atoms with Crippen molar-refractivity contribution in [3.8, 4) is 11.5 Å². The van der Waals surface area contributed by atoms with Crippen LogP contribution < -0.4 is 25.4 Å². The predicted octanol–water partition coefficient (Wildman–Crippen LogP) is 2.52. The van der Waals surface area contributed by atoms with Crippen molar-refractivity contribution in [3.05, 3.63) is 54.1 Å². The van der Waals surface area contributed by atoms with E-state index in [0.717, 1.165) is 42.3 Å². The maximum absolute atomic E-state index is 12.7. The molecule has 1 heterocycles. The minimum atomic E-state index is -1.04. The zero-order chi connectivity index (χ0) is 20.1. The molecule has 2 atom stereocenters. The van der Waals surface area contributed by atoms with Crippen LogP contribution in [0.1, 0.15) is 18.9 Å². The second kappa shape index (κ2) is 8.52. The fourth-order valence-corrected chi connectivity index (χ4v) is 3.54. The van der Waals surface area contributed by atoms with Gasteiger partial charge in [-0.2, -0.15) is 0 Å². The molecule has 3 N–H and O–H groups in total. The van der Waals surface area contributed by atoms with Gasteiger partial charge >= 0.3 is 0 Å². The lowest BCUT2D eigenvalue weighted by molar-refractivity contribution is -0.126. The van der Waals surface area contributed by atoms with E-state index >= 15 is 0 Å². The molecular formula is C22H29N3O3. The summed E-state index contributed by atoms with van der Waals surface area (Å²) in [5.74, 6) is 1.76. The van der Waals surface area contributed by atoms with Crippen LogP contribution in [-0.4, -0.2) is 39.8 Å². The average Bonchev–Trinajstić information content (AvgIpc) is 3.21. The van der Waals surface area contributed by atoms with Gasteiger partial charge in [-0.3, -0.25) is 4.79 Å². The van der Waals surface area contributed by atoms with Gasteiger partial charge in [-0.05, 0) is 24.8 Å². The van der Waals surface area contributed by atoms with E-state index < -0.39 is 5.54 Å². The smallest absolute Gasteiger partial charge is 0.244 e. The summed E-state index contributed by atoms with van der Waals surface area (Å²) in [6.45, 7) is 4.15. The molecule has 2 aromatic rings. The Hall–Kier alpha value is -2.73. The molecule has 2 aromatic carbocycles. The second-order valence-electron chi connectivity index (χ2n) is 7.45. The van der Waals surface area contributed by atoms with Gasteiger partial charge in [-0.15, -0.1) is 0 Å². The first kappa shape index (κ1) is 20.0. The van der Waals surface area contributed by atoms with Crippen LogP contribution >= 0.6 is 0 Å². The van der Waals surface area contributed by atoms with Crippen molar-refractivity contribution >= 4 is 11.6 Å². The summed E-state index contributed by atoms with van der Waals surface area (Å²) in [6, 6.07) is 15.4. The number of anilines is 1. The summed E-state index contributed by atoms with van der Waals surface area (Å²) < 4.78 is 10.7. The van der Waals surface area contributed by atoms with Gasteiger partial charge in [0.25, 0.3) is 0 Å². The maximum atomic E-state index is 12.7. The highest BCUT2D eigenvalue weighted by molar-refractivity contribution is 5.87. The van der Waals surface area contributed by atoms with Gasteiger partial charge in [-0.25, -0.2) is 0 Å². The van der Waals surface area contributed by atoms with E-state index in [9.17, 15) is 4.79 Å². The Bertz CT molecular complexity index is 786. The van der Waals surface area contributed by atoms with Crippen LogP contribution in [0.4, 0.5) is 5.69 Å². The number of carbonyl (C=O) groups excluding carboxylic acids is 1. The number of methoxy groups -OCH3 is 2. The number of hydrogen-bond acceptors (Lipinski definition) is 5. The summed E-state index contributed by atoms with van der Waals surface area (Å²) >= 11 is 0. The Balaban J connectivity index is 1.59. The van der Waals surface area contributed by atoms with Crippen molar-refractivity contribution in [3.63, 3.8) is 0 Å². The number of nitrogens with one attached hydrogen (secondary N) is 1. The van der Waals surface area contributed by atoms with Crippen LogP contribution in [0.5, 0.6) is 11.5 Å². The lowest BCUT2D eigenvalue weighted by atomic mass is 9.92. The SMILES string of the molecule is COc1cc(OC)cc(N2CCC(CNC(=O)C(C)(N)c3ccccc3)C2)c1. The molecule has 0 radical (unpaired) electrons. The summed E-state index contributed by atoms with van der Waals surface area (Å²) in [5.41, 5.74) is 7.13. The molecule has 0 saturated carbocycles. The first-order valence-electron chi connectivity index (χ1n) is 9.54. The van der Waals surface area contributed by atoms with E-state index in [1.165, 1.54) is 0 Å². The molecule has 0 aromatic heterocycles. The number of carbonyl (C=O) groups is 1. The number of benzene rings is 2. The number of nitrogens with two attached hydrogens (primary N) is 1. The summed E-state index contributed by atoms with van der Waals surface area (Å²) in [4.78, 5) is 15.0. The Morgan fingerprint density at radius 1 is 1.18 bits per heavy atom. The van der Waals surface area contributed by atoms with Crippen molar-refractivity contribution < 1.29 is 14.3 Å². The lowest BCUT2D eigenvalue weighted by Crippen LogP contribution is -2.50. The molecule has 1 aliphatic heterocycles. The number of ether oxygens (including phenoxy) is 2. The second-order valence-corrected chi connectivity index (χ2v) is 7.45. The van der Waals surface area contributed by atoms with E-state index in [1.807, 2.05) is 48.5 Å². The minimum absolute atomic E-state index is 0.153. The minimum Gasteiger partial charge on any atom is -0.497 e. The van der Waals surface area contributed by atoms with Crippen molar-refractivity contribution in [1.29, 1.82) is 0 Å². The molecule has 28 heavy (non-hydrogen) atoms. The molecule has 1 amide bonds. The van der Waals surface area contributed by atoms with Gasteiger partial charge in [0.05, 0.1) is 14.2 Å². The highest BCUT2D eigenvalue weighted by atomic mass is 16.5. The van der Waals surface area contributed by atoms with Gasteiger partial charge in [0, 0.05) is 43.5 Å². The molecule has 6 heteroatoms. The fraction of sp³-hybridized carbons (Fsp3) is 0.409. The molecule has 3 rings (SSSR count). The maximum Gasteiger partial charge on any atom is 0.244 e. The molecule has 150 valence electrons. The summed E-state index contributed by atoms with van der Waals surface area (Å²) in [7, 11) is 3.30.